The number of anilines is 1. The number of ether oxygens (including phenoxy) is 1. The van der Waals surface area contributed by atoms with Crippen molar-refractivity contribution in [1.29, 1.82) is 0 Å². The molecule has 3 saturated heterocycles. The van der Waals surface area contributed by atoms with Gasteiger partial charge in [-0.1, -0.05) is 33.6 Å². The summed E-state index contributed by atoms with van der Waals surface area (Å²) in [6, 6.07) is 11.5. The third kappa shape index (κ3) is 7.12. The fraction of sp³-hybridized carbons (Fsp3) is 0.531. The van der Waals surface area contributed by atoms with E-state index in [4.69, 9.17) is 16.3 Å². The van der Waals surface area contributed by atoms with Gasteiger partial charge < -0.3 is 19.4 Å². The van der Waals surface area contributed by atoms with Gasteiger partial charge in [0.05, 0.1) is 0 Å². The lowest BCUT2D eigenvalue weighted by molar-refractivity contribution is -0.130. The Morgan fingerprint density at radius 1 is 0.952 bits per heavy atom. The highest BCUT2D eigenvalue weighted by atomic mass is 79.9. The topological polar surface area (TPSA) is 73.4 Å². The van der Waals surface area contributed by atoms with Crippen molar-refractivity contribution < 1.29 is 19.1 Å². The standard InChI is InChI=1S/C32H40BrClN4O4/c1-21-5-7-27(16-30(21)34)38(32(41)42-28-9-13-36(14-10-28)23(3)39)12-4-11-35-17-24-19-37(20-25(24)18-35)31(40)29-8-6-26(33)15-22(29)2/h5-8,15-16,24-25,28H,4,9-14,17-20H2,1-3H3. The van der Waals surface area contributed by atoms with Crippen LogP contribution in [0.2, 0.25) is 5.02 Å². The predicted octanol–water partition coefficient (Wildman–Crippen LogP) is 5.77. The van der Waals surface area contributed by atoms with Crippen molar-refractivity contribution in [3.8, 4) is 0 Å². The number of amides is 3. The zero-order valence-corrected chi connectivity index (χ0v) is 27.0. The fourth-order valence-corrected chi connectivity index (χ4v) is 7.15. The van der Waals surface area contributed by atoms with Crippen LogP contribution in [0.5, 0.6) is 0 Å². The van der Waals surface area contributed by atoms with Gasteiger partial charge in [-0.3, -0.25) is 14.5 Å². The minimum Gasteiger partial charge on any atom is -0.446 e. The first-order valence-electron chi connectivity index (χ1n) is 14.9. The largest absolute Gasteiger partial charge is 0.446 e. The SMILES string of the molecule is CC(=O)N1CCC(OC(=O)N(CCCN2CC3CN(C(=O)c4ccc(Br)cc4C)CC3C2)c2ccc(C)c(Cl)c2)CC1. The Labute approximate surface area is 262 Å². The summed E-state index contributed by atoms with van der Waals surface area (Å²) in [5, 5.41) is 0.616. The molecule has 2 unspecified atom stereocenters. The van der Waals surface area contributed by atoms with Crippen molar-refractivity contribution >= 4 is 51.1 Å². The summed E-state index contributed by atoms with van der Waals surface area (Å²) in [5.74, 6) is 1.13. The maximum atomic E-state index is 13.4. The normalized spacial score (nSPS) is 21.0. The first kappa shape index (κ1) is 30.8. The van der Waals surface area contributed by atoms with E-state index in [2.05, 4.69) is 20.8 Å². The summed E-state index contributed by atoms with van der Waals surface area (Å²) in [7, 11) is 0. The lowest BCUT2D eigenvalue weighted by atomic mass is 10.0. The van der Waals surface area contributed by atoms with Gasteiger partial charge in [0, 0.05) is 86.3 Å². The number of piperidine rings is 1. The highest BCUT2D eigenvalue weighted by molar-refractivity contribution is 9.10. The van der Waals surface area contributed by atoms with E-state index in [0.717, 1.165) is 66.0 Å². The highest BCUT2D eigenvalue weighted by Crippen LogP contribution is 2.33. The maximum absolute atomic E-state index is 13.4. The smallest absolute Gasteiger partial charge is 0.414 e. The monoisotopic (exact) mass is 658 g/mol. The number of rotatable bonds is 7. The van der Waals surface area contributed by atoms with Gasteiger partial charge in [0.2, 0.25) is 5.91 Å². The molecule has 2 aromatic carbocycles. The quantitative estimate of drug-likeness (QED) is 0.378. The van der Waals surface area contributed by atoms with Gasteiger partial charge in [0.25, 0.3) is 5.91 Å². The van der Waals surface area contributed by atoms with Crippen LogP contribution in [0.25, 0.3) is 0 Å². The van der Waals surface area contributed by atoms with Gasteiger partial charge in [0.15, 0.2) is 0 Å². The number of benzene rings is 2. The second-order valence-corrected chi connectivity index (χ2v) is 13.3. The molecule has 5 rings (SSSR count). The van der Waals surface area contributed by atoms with Gasteiger partial charge in [0.1, 0.15) is 6.10 Å². The van der Waals surface area contributed by atoms with Crippen molar-refractivity contribution in [2.75, 3.05) is 57.3 Å². The number of halogens is 2. The molecule has 10 heteroatoms. The number of carbonyl (C=O) groups is 3. The number of fused-ring (bicyclic) bond motifs is 1. The van der Waals surface area contributed by atoms with Crippen LogP contribution in [-0.4, -0.2) is 91.1 Å². The molecule has 0 radical (unpaired) electrons. The zero-order valence-electron chi connectivity index (χ0n) is 24.7. The van der Waals surface area contributed by atoms with Gasteiger partial charge in [-0.15, -0.1) is 0 Å². The van der Waals surface area contributed by atoms with Crippen molar-refractivity contribution in [1.82, 2.24) is 14.7 Å². The lowest BCUT2D eigenvalue weighted by Gasteiger charge is -2.32. The predicted molar refractivity (Wildman–Crippen MR) is 168 cm³/mol. The Morgan fingerprint density at radius 3 is 2.26 bits per heavy atom. The number of hydrogen-bond acceptors (Lipinski definition) is 5. The van der Waals surface area contributed by atoms with E-state index in [-0.39, 0.29) is 24.0 Å². The van der Waals surface area contributed by atoms with E-state index in [0.29, 0.717) is 49.3 Å². The van der Waals surface area contributed by atoms with E-state index >= 15 is 0 Å². The zero-order chi connectivity index (χ0) is 30.0. The molecule has 0 aliphatic carbocycles. The summed E-state index contributed by atoms with van der Waals surface area (Å²) >= 11 is 9.91. The number of aryl methyl sites for hydroxylation is 2. The summed E-state index contributed by atoms with van der Waals surface area (Å²) < 4.78 is 6.91. The molecule has 3 amide bonds. The summed E-state index contributed by atoms with van der Waals surface area (Å²) in [6.45, 7) is 11.6. The third-order valence-electron chi connectivity index (χ3n) is 8.97. The second kappa shape index (κ2) is 13.3. The molecule has 0 spiro atoms. The minimum atomic E-state index is -0.369. The number of hydrogen-bond donors (Lipinski definition) is 0. The van der Waals surface area contributed by atoms with E-state index in [9.17, 15) is 14.4 Å². The molecular formula is C32H40BrClN4O4. The average molecular weight is 660 g/mol. The van der Waals surface area contributed by atoms with E-state index in [1.165, 1.54) is 0 Å². The van der Waals surface area contributed by atoms with Crippen molar-refractivity contribution in [3.63, 3.8) is 0 Å². The fourth-order valence-electron chi connectivity index (χ4n) is 6.50. The van der Waals surface area contributed by atoms with E-state index < -0.39 is 0 Å². The molecule has 3 heterocycles. The third-order valence-corrected chi connectivity index (χ3v) is 9.87. The van der Waals surface area contributed by atoms with Gasteiger partial charge in [-0.05, 0) is 80.1 Å². The lowest BCUT2D eigenvalue weighted by Crippen LogP contribution is -2.43. The van der Waals surface area contributed by atoms with Crippen LogP contribution < -0.4 is 4.90 Å². The highest BCUT2D eigenvalue weighted by Gasteiger charge is 2.41. The van der Waals surface area contributed by atoms with Gasteiger partial charge in [-0.2, -0.15) is 0 Å². The van der Waals surface area contributed by atoms with Crippen LogP contribution in [0.1, 0.15) is 47.7 Å². The Balaban J connectivity index is 1.14. The number of nitrogens with zero attached hydrogens (tertiary/aromatic N) is 4. The molecule has 2 atom stereocenters. The average Bonchev–Trinajstić information content (AvgIpc) is 3.52. The van der Waals surface area contributed by atoms with E-state index in [1.807, 2.05) is 55.1 Å². The second-order valence-electron chi connectivity index (χ2n) is 12.0. The summed E-state index contributed by atoms with van der Waals surface area (Å²) in [6.07, 6.45) is 1.51. The first-order chi connectivity index (χ1) is 20.1. The maximum Gasteiger partial charge on any atom is 0.414 e. The molecule has 0 saturated carbocycles. The first-order valence-corrected chi connectivity index (χ1v) is 16.0. The number of carbonyl (C=O) groups excluding carboxylic acids is 3. The Hall–Kier alpha value is -2.62. The molecule has 2 aromatic rings. The molecule has 0 aromatic heterocycles. The van der Waals surface area contributed by atoms with Crippen molar-refractivity contribution in [3.05, 3.63) is 62.6 Å². The molecule has 3 aliphatic rings. The molecule has 8 nitrogen and oxygen atoms in total. The molecule has 3 fully saturated rings. The van der Waals surface area contributed by atoms with Crippen LogP contribution >= 0.6 is 27.5 Å². The van der Waals surface area contributed by atoms with Gasteiger partial charge in [-0.25, -0.2) is 4.79 Å². The molecular weight excluding hydrogens is 620 g/mol. The van der Waals surface area contributed by atoms with Crippen LogP contribution in [-0.2, 0) is 9.53 Å². The number of likely N-dealkylation sites (tertiary alicyclic amines) is 3. The molecule has 0 bridgehead atoms. The molecule has 42 heavy (non-hydrogen) atoms. The minimum absolute atomic E-state index is 0.0563. The Morgan fingerprint density at radius 2 is 1.64 bits per heavy atom. The van der Waals surface area contributed by atoms with Crippen LogP contribution in [0, 0.1) is 25.7 Å². The molecule has 3 aliphatic heterocycles. The van der Waals surface area contributed by atoms with Crippen molar-refractivity contribution in [2.24, 2.45) is 11.8 Å². The Bertz CT molecular complexity index is 1320. The van der Waals surface area contributed by atoms with Crippen LogP contribution in [0.4, 0.5) is 10.5 Å². The van der Waals surface area contributed by atoms with Crippen LogP contribution in [0.3, 0.4) is 0 Å². The van der Waals surface area contributed by atoms with E-state index in [1.54, 1.807) is 16.7 Å². The van der Waals surface area contributed by atoms with Gasteiger partial charge >= 0.3 is 6.09 Å². The Kier molecular flexibility index (Phi) is 9.80. The summed E-state index contributed by atoms with van der Waals surface area (Å²) in [4.78, 5) is 46.2. The van der Waals surface area contributed by atoms with Crippen molar-refractivity contribution in [2.45, 2.75) is 46.1 Å². The molecule has 226 valence electrons. The molecule has 0 N–H and O–H groups in total. The summed E-state index contributed by atoms with van der Waals surface area (Å²) in [5.41, 5.74) is 3.46. The van der Waals surface area contributed by atoms with Crippen LogP contribution in [0.15, 0.2) is 40.9 Å².